The van der Waals surface area contributed by atoms with Crippen molar-refractivity contribution in [1.82, 2.24) is 25.1 Å². The van der Waals surface area contributed by atoms with Crippen LogP contribution < -0.4 is 11.3 Å². The summed E-state index contributed by atoms with van der Waals surface area (Å²) < 4.78 is 5.75. The number of allylic oxidation sites excluding steroid dienone is 4. The summed E-state index contributed by atoms with van der Waals surface area (Å²) in [5.74, 6) is 1.26. The van der Waals surface area contributed by atoms with E-state index in [4.69, 9.17) is 10.2 Å². The summed E-state index contributed by atoms with van der Waals surface area (Å²) >= 11 is 0. The second-order valence-corrected chi connectivity index (χ2v) is 6.07. The van der Waals surface area contributed by atoms with Crippen molar-refractivity contribution in [3.05, 3.63) is 59.0 Å². The van der Waals surface area contributed by atoms with Crippen molar-refractivity contribution in [1.29, 1.82) is 0 Å². The summed E-state index contributed by atoms with van der Waals surface area (Å²) in [6.07, 6.45) is 10.1. The number of aromatic amines is 1. The molecule has 0 saturated carbocycles. The first kappa shape index (κ1) is 15.9. The number of nitrogen functional groups attached to an aromatic ring is 1. The van der Waals surface area contributed by atoms with Gasteiger partial charge in [-0.3, -0.25) is 4.79 Å². The normalized spacial score (nSPS) is 16.5. The molecular weight excluding hydrogens is 332 g/mol. The molecule has 3 heterocycles. The van der Waals surface area contributed by atoms with Gasteiger partial charge < -0.3 is 15.1 Å². The highest BCUT2D eigenvalue weighted by molar-refractivity contribution is 5.71. The van der Waals surface area contributed by atoms with Gasteiger partial charge in [0.15, 0.2) is 11.5 Å². The fourth-order valence-electron chi connectivity index (χ4n) is 2.62. The maximum atomic E-state index is 11.5. The van der Waals surface area contributed by atoms with Crippen molar-refractivity contribution >= 4 is 11.4 Å². The molecule has 0 amide bonds. The molecule has 8 nitrogen and oxygen atoms in total. The van der Waals surface area contributed by atoms with E-state index < -0.39 is 0 Å². The van der Waals surface area contributed by atoms with Crippen LogP contribution in [-0.2, 0) is 0 Å². The standard InChI is InChI=1S/C18H16N6O2/c1-10-2-4-11(5-3-10)17-23-24-18(26-17)15-16(19)21-9-13(22-15)12-6-7-20-14(25)8-12/h2,4-10H,3H2,1H3,(H2,19,21)(H,20,25). The Bertz CT molecular complexity index is 1080. The first-order valence-corrected chi connectivity index (χ1v) is 8.14. The van der Waals surface area contributed by atoms with Crippen LogP contribution in [0.5, 0.6) is 0 Å². The predicted octanol–water partition coefficient (Wildman–Crippen LogP) is 2.44. The van der Waals surface area contributed by atoms with E-state index in [1.54, 1.807) is 12.3 Å². The van der Waals surface area contributed by atoms with Crippen LogP contribution in [0.25, 0.3) is 28.4 Å². The molecule has 1 unspecified atom stereocenters. The minimum Gasteiger partial charge on any atom is -0.414 e. The van der Waals surface area contributed by atoms with E-state index in [-0.39, 0.29) is 23.0 Å². The third-order valence-electron chi connectivity index (χ3n) is 4.06. The molecule has 3 N–H and O–H groups in total. The Morgan fingerprint density at radius 3 is 2.92 bits per heavy atom. The lowest BCUT2D eigenvalue weighted by Gasteiger charge is -2.08. The van der Waals surface area contributed by atoms with E-state index >= 15 is 0 Å². The van der Waals surface area contributed by atoms with Crippen LogP contribution >= 0.6 is 0 Å². The van der Waals surface area contributed by atoms with Gasteiger partial charge in [0, 0.05) is 23.4 Å². The highest BCUT2D eigenvalue weighted by Crippen LogP contribution is 2.28. The lowest BCUT2D eigenvalue weighted by atomic mass is 9.99. The van der Waals surface area contributed by atoms with E-state index in [1.165, 1.54) is 12.3 Å². The molecular formula is C18H16N6O2. The van der Waals surface area contributed by atoms with Gasteiger partial charge in [0.25, 0.3) is 5.89 Å². The smallest absolute Gasteiger partial charge is 0.270 e. The Balaban J connectivity index is 1.71. The number of aromatic nitrogens is 5. The number of hydrogen-bond donors (Lipinski definition) is 2. The van der Waals surface area contributed by atoms with Crippen molar-refractivity contribution < 1.29 is 4.42 Å². The number of nitrogens with two attached hydrogens (primary N) is 1. The zero-order valence-electron chi connectivity index (χ0n) is 14.0. The zero-order chi connectivity index (χ0) is 18.1. The number of nitrogens with one attached hydrogen (secondary N) is 1. The molecule has 1 aliphatic carbocycles. The topological polar surface area (TPSA) is 124 Å². The lowest BCUT2D eigenvalue weighted by molar-refractivity contribution is 0.551. The maximum absolute atomic E-state index is 11.5. The van der Waals surface area contributed by atoms with Crippen LogP contribution in [0.4, 0.5) is 5.82 Å². The average molecular weight is 348 g/mol. The summed E-state index contributed by atoms with van der Waals surface area (Å²) in [7, 11) is 0. The van der Waals surface area contributed by atoms with Crippen LogP contribution in [-0.4, -0.2) is 25.1 Å². The number of hydrogen-bond acceptors (Lipinski definition) is 7. The number of rotatable bonds is 3. The lowest BCUT2D eigenvalue weighted by Crippen LogP contribution is -2.04. The third kappa shape index (κ3) is 3.04. The van der Waals surface area contributed by atoms with Gasteiger partial charge in [-0.15, -0.1) is 10.2 Å². The molecule has 4 rings (SSSR count). The van der Waals surface area contributed by atoms with E-state index in [2.05, 4.69) is 44.2 Å². The van der Waals surface area contributed by atoms with Crippen molar-refractivity contribution in [3.63, 3.8) is 0 Å². The first-order valence-electron chi connectivity index (χ1n) is 8.14. The highest BCUT2D eigenvalue weighted by atomic mass is 16.4. The second-order valence-electron chi connectivity index (χ2n) is 6.07. The Kier molecular flexibility index (Phi) is 3.92. The molecule has 130 valence electrons. The minimum absolute atomic E-state index is 0.176. The highest BCUT2D eigenvalue weighted by Gasteiger charge is 2.18. The molecule has 3 aromatic rings. The molecule has 0 aliphatic heterocycles. The van der Waals surface area contributed by atoms with Gasteiger partial charge in [0.05, 0.1) is 11.9 Å². The summed E-state index contributed by atoms with van der Waals surface area (Å²) in [6, 6.07) is 3.16. The third-order valence-corrected chi connectivity index (χ3v) is 4.06. The molecule has 0 bridgehead atoms. The fourth-order valence-corrected chi connectivity index (χ4v) is 2.62. The Hall–Kier alpha value is -3.55. The number of anilines is 1. The summed E-state index contributed by atoms with van der Waals surface area (Å²) in [4.78, 5) is 22.7. The maximum Gasteiger partial charge on any atom is 0.270 e. The molecule has 1 aliphatic rings. The van der Waals surface area contributed by atoms with Gasteiger partial charge in [-0.1, -0.05) is 25.2 Å². The molecule has 0 saturated heterocycles. The molecule has 0 aromatic carbocycles. The van der Waals surface area contributed by atoms with Crippen LogP contribution in [0, 0.1) is 5.92 Å². The van der Waals surface area contributed by atoms with E-state index in [0.29, 0.717) is 23.1 Å². The Morgan fingerprint density at radius 2 is 2.15 bits per heavy atom. The fraction of sp³-hybridized carbons (Fsp3) is 0.167. The van der Waals surface area contributed by atoms with Crippen molar-refractivity contribution in [2.75, 3.05) is 5.73 Å². The van der Waals surface area contributed by atoms with Gasteiger partial charge in [0.1, 0.15) is 0 Å². The Labute approximate surface area is 148 Å². The van der Waals surface area contributed by atoms with Crippen molar-refractivity contribution in [2.45, 2.75) is 13.3 Å². The molecule has 1 atom stereocenters. The second kappa shape index (κ2) is 6.40. The van der Waals surface area contributed by atoms with Gasteiger partial charge in [-0.2, -0.15) is 0 Å². The summed E-state index contributed by atoms with van der Waals surface area (Å²) in [5, 5.41) is 8.14. The van der Waals surface area contributed by atoms with Crippen molar-refractivity contribution in [3.8, 4) is 22.8 Å². The van der Waals surface area contributed by atoms with Crippen molar-refractivity contribution in [2.24, 2.45) is 5.92 Å². The van der Waals surface area contributed by atoms with E-state index in [9.17, 15) is 4.79 Å². The SMILES string of the molecule is CC1C=CC(c2nnc(-c3nc(-c4cc[nH]c(=O)c4)cnc3N)o2)=CC1. The van der Waals surface area contributed by atoms with Gasteiger partial charge in [-0.05, 0) is 18.4 Å². The molecule has 0 spiro atoms. The van der Waals surface area contributed by atoms with E-state index in [0.717, 1.165) is 12.0 Å². The van der Waals surface area contributed by atoms with Crippen LogP contribution in [0.2, 0.25) is 0 Å². The number of nitrogens with zero attached hydrogens (tertiary/aromatic N) is 4. The quantitative estimate of drug-likeness (QED) is 0.745. The monoisotopic (exact) mass is 348 g/mol. The van der Waals surface area contributed by atoms with Gasteiger partial charge in [0.2, 0.25) is 11.4 Å². The predicted molar refractivity (Wildman–Crippen MR) is 96.7 cm³/mol. The van der Waals surface area contributed by atoms with Gasteiger partial charge in [-0.25, -0.2) is 9.97 Å². The molecule has 3 aromatic heterocycles. The molecule has 8 heteroatoms. The van der Waals surface area contributed by atoms with Crippen LogP contribution in [0.1, 0.15) is 19.2 Å². The summed E-state index contributed by atoms with van der Waals surface area (Å²) in [6.45, 7) is 2.14. The average Bonchev–Trinajstić information content (AvgIpc) is 3.12. The minimum atomic E-state index is -0.229. The van der Waals surface area contributed by atoms with E-state index in [1.807, 2.05) is 6.08 Å². The summed E-state index contributed by atoms with van der Waals surface area (Å²) in [5.41, 5.74) is 7.98. The van der Waals surface area contributed by atoms with Crippen LogP contribution in [0.15, 0.2) is 52.0 Å². The molecule has 0 radical (unpaired) electrons. The number of pyridine rings is 1. The number of H-pyrrole nitrogens is 1. The zero-order valence-corrected chi connectivity index (χ0v) is 14.0. The van der Waals surface area contributed by atoms with Gasteiger partial charge >= 0.3 is 0 Å². The largest absolute Gasteiger partial charge is 0.414 e. The first-order chi connectivity index (χ1) is 12.6. The molecule has 0 fully saturated rings. The molecule has 26 heavy (non-hydrogen) atoms. The van der Waals surface area contributed by atoms with Crippen LogP contribution in [0.3, 0.4) is 0 Å². The Morgan fingerprint density at radius 1 is 1.31 bits per heavy atom.